The minimum Gasteiger partial charge on any atom is -0.497 e. The molecule has 0 aromatic heterocycles. The van der Waals surface area contributed by atoms with Gasteiger partial charge in [0, 0.05) is 43.4 Å². The highest BCUT2D eigenvalue weighted by Gasteiger charge is 2.28. The number of carbonyl (C=O) groups is 2. The Bertz CT molecular complexity index is 1370. The zero-order valence-electron chi connectivity index (χ0n) is 26.3. The third kappa shape index (κ3) is 10.1. The molecular weight excluding hydrogens is 564 g/mol. The fourth-order valence-corrected chi connectivity index (χ4v) is 5.31. The normalized spacial score (nSPS) is 13.2. The molecule has 0 aliphatic rings. The second-order valence-corrected chi connectivity index (χ2v) is 11.4. The Labute approximate surface area is 259 Å². The quantitative estimate of drug-likeness (QED) is 0.195. The van der Waals surface area contributed by atoms with Crippen LogP contribution in [0.4, 0.5) is 8.78 Å². The molecule has 3 N–H and O–H groups in total. The topological polar surface area (TPSA) is 90.9 Å². The van der Waals surface area contributed by atoms with Crippen molar-refractivity contribution in [2.75, 3.05) is 26.7 Å². The Morgan fingerprint density at radius 3 is 2.23 bits per heavy atom. The van der Waals surface area contributed by atoms with E-state index in [2.05, 4.69) is 10.6 Å². The van der Waals surface area contributed by atoms with Gasteiger partial charge in [0.25, 0.3) is 11.8 Å². The molecule has 1 unspecified atom stereocenters. The summed E-state index contributed by atoms with van der Waals surface area (Å²) in [6.07, 6.45) is 0.578. The molecule has 0 saturated heterocycles. The monoisotopic (exact) mass is 609 g/mol. The van der Waals surface area contributed by atoms with Crippen LogP contribution in [-0.2, 0) is 13.0 Å². The van der Waals surface area contributed by atoms with E-state index in [0.29, 0.717) is 37.3 Å². The molecule has 0 aliphatic carbocycles. The maximum atomic E-state index is 14.0. The first-order valence-electron chi connectivity index (χ1n) is 15.2. The number of hydrogen-bond donors (Lipinski definition) is 3. The number of nitrogens with zero attached hydrogens (tertiary/aromatic N) is 1. The van der Waals surface area contributed by atoms with Crippen molar-refractivity contribution in [1.82, 2.24) is 15.5 Å². The van der Waals surface area contributed by atoms with Crippen LogP contribution in [0.1, 0.15) is 71.0 Å². The maximum absolute atomic E-state index is 14.0. The van der Waals surface area contributed by atoms with E-state index in [9.17, 15) is 23.5 Å². The summed E-state index contributed by atoms with van der Waals surface area (Å²) in [5.74, 6) is -1.70. The lowest BCUT2D eigenvalue weighted by Gasteiger charge is -2.29. The predicted molar refractivity (Wildman–Crippen MR) is 169 cm³/mol. The van der Waals surface area contributed by atoms with E-state index in [-0.39, 0.29) is 23.8 Å². The number of aliphatic hydroxyl groups excluding tert-OH is 1. The fraction of sp³-hybridized carbons (Fsp3) is 0.429. The molecule has 0 spiro atoms. The molecule has 7 nitrogen and oxygen atoms in total. The molecule has 0 aliphatic heterocycles. The van der Waals surface area contributed by atoms with Gasteiger partial charge < -0.3 is 25.4 Å². The van der Waals surface area contributed by atoms with Crippen LogP contribution < -0.4 is 15.4 Å². The number of rotatable bonds is 16. The summed E-state index contributed by atoms with van der Waals surface area (Å²) < 4.78 is 33.4. The average Bonchev–Trinajstić information content (AvgIpc) is 2.99. The van der Waals surface area contributed by atoms with E-state index in [1.165, 1.54) is 12.1 Å². The zero-order valence-corrected chi connectivity index (χ0v) is 26.3. The van der Waals surface area contributed by atoms with Gasteiger partial charge in [-0.2, -0.15) is 0 Å². The summed E-state index contributed by atoms with van der Waals surface area (Å²) in [7, 11) is 1.60. The molecule has 3 atom stereocenters. The first kappa shape index (κ1) is 34.7. The van der Waals surface area contributed by atoms with Gasteiger partial charge in [0.2, 0.25) is 0 Å². The van der Waals surface area contributed by atoms with Crippen LogP contribution in [0.3, 0.4) is 0 Å². The van der Waals surface area contributed by atoms with Gasteiger partial charge in [-0.15, -0.1) is 0 Å². The molecule has 44 heavy (non-hydrogen) atoms. The number of amides is 2. The van der Waals surface area contributed by atoms with E-state index < -0.39 is 29.7 Å². The lowest BCUT2D eigenvalue weighted by molar-refractivity contribution is 0.0642. The summed E-state index contributed by atoms with van der Waals surface area (Å²) in [4.78, 5) is 28.7. The first-order chi connectivity index (χ1) is 21.0. The third-order valence-electron chi connectivity index (χ3n) is 7.48. The number of nitrogens with one attached hydrogen (secondary N) is 2. The van der Waals surface area contributed by atoms with Crippen molar-refractivity contribution in [2.45, 2.75) is 65.6 Å². The van der Waals surface area contributed by atoms with Crippen LogP contribution in [0.5, 0.6) is 5.75 Å². The first-order valence-corrected chi connectivity index (χ1v) is 15.2. The van der Waals surface area contributed by atoms with E-state index in [1.807, 2.05) is 52.0 Å². The highest BCUT2D eigenvalue weighted by molar-refractivity contribution is 6.00. The van der Waals surface area contributed by atoms with Crippen LogP contribution in [0.2, 0.25) is 0 Å². The predicted octanol–water partition coefficient (Wildman–Crippen LogP) is 5.67. The van der Waals surface area contributed by atoms with Crippen molar-refractivity contribution in [3.63, 3.8) is 0 Å². The van der Waals surface area contributed by atoms with Gasteiger partial charge in [-0.3, -0.25) is 9.59 Å². The Hall–Kier alpha value is -3.82. The van der Waals surface area contributed by atoms with E-state index in [1.54, 1.807) is 30.2 Å². The van der Waals surface area contributed by atoms with Crippen molar-refractivity contribution < 1.29 is 28.2 Å². The van der Waals surface area contributed by atoms with Gasteiger partial charge >= 0.3 is 0 Å². The van der Waals surface area contributed by atoms with Crippen LogP contribution in [-0.4, -0.2) is 60.7 Å². The molecule has 2 amide bonds. The average molecular weight is 610 g/mol. The molecule has 0 bridgehead atoms. The maximum Gasteiger partial charge on any atom is 0.253 e. The number of halogens is 2. The lowest BCUT2D eigenvalue weighted by atomic mass is 9.92. The number of benzene rings is 3. The van der Waals surface area contributed by atoms with Gasteiger partial charge in [0.15, 0.2) is 0 Å². The summed E-state index contributed by atoms with van der Waals surface area (Å²) in [6.45, 7) is 9.86. The Kier molecular flexibility index (Phi) is 13.3. The number of aryl methyl sites for hydroxylation is 1. The molecule has 9 heteroatoms. The van der Waals surface area contributed by atoms with Crippen LogP contribution in [0.15, 0.2) is 60.7 Å². The van der Waals surface area contributed by atoms with E-state index in [0.717, 1.165) is 35.8 Å². The lowest BCUT2D eigenvalue weighted by Crippen LogP contribution is -2.49. The largest absolute Gasteiger partial charge is 0.497 e. The van der Waals surface area contributed by atoms with Crippen molar-refractivity contribution in [3.05, 3.63) is 100 Å². The second kappa shape index (κ2) is 16.9. The van der Waals surface area contributed by atoms with E-state index >= 15 is 0 Å². The van der Waals surface area contributed by atoms with Gasteiger partial charge in [0.1, 0.15) is 17.4 Å². The molecule has 3 rings (SSSR count). The Balaban J connectivity index is 1.81. The van der Waals surface area contributed by atoms with Gasteiger partial charge in [-0.05, 0) is 91.3 Å². The smallest absolute Gasteiger partial charge is 0.253 e. The van der Waals surface area contributed by atoms with E-state index in [4.69, 9.17) is 4.74 Å². The summed E-state index contributed by atoms with van der Waals surface area (Å²) >= 11 is 0. The SMILES string of the molecule is CCCN(CCC)C(=O)c1cc(C)cc(C(=O)N[C@@H](Cc2cc(F)cc(F)c2)[C@H](O)C(C)CNCc2cccc(OC)c2)c1. The Morgan fingerprint density at radius 1 is 0.932 bits per heavy atom. The molecule has 3 aromatic rings. The highest BCUT2D eigenvalue weighted by atomic mass is 19.1. The summed E-state index contributed by atoms with van der Waals surface area (Å²) in [5, 5.41) is 17.6. The molecular formula is C35H45F2N3O4. The number of carbonyl (C=O) groups excluding carboxylic acids is 2. The summed E-state index contributed by atoms with van der Waals surface area (Å²) in [5.41, 5.74) is 2.74. The molecule has 0 radical (unpaired) electrons. The summed E-state index contributed by atoms with van der Waals surface area (Å²) in [6, 6.07) is 14.9. The Morgan fingerprint density at radius 2 is 1.59 bits per heavy atom. The minimum atomic E-state index is -1.06. The second-order valence-electron chi connectivity index (χ2n) is 11.4. The number of hydrogen-bond acceptors (Lipinski definition) is 5. The molecule has 238 valence electrons. The van der Waals surface area contributed by atoms with Gasteiger partial charge in [-0.25, -0.2) is 8.78 Å². The van der Waals surface area contributed by atoms with Crippen molar-refractivity contribution in [2.24, 2.45) is 5.92 Å². The van der Waals surface area contributed by atoms with Crippen molar-refractivity contribution in [3.8, 4) is 5.75 Å². The highest BCUT2D eigenvalue weighted by Crippen LogP contribution is 2.19. The molecule has 3 aromatic carbocycles. The van der Waals surface area contributed by atoms with Crippen LogP contribution >= 0.6 is 0 Å². The van der Waals surface area contributed by atoms with Crippen LogP contribution in [0.25, 0.3) is 0 Å². The standard InChI is InChI=1S/C35H45F2N3O4/c1-6-11-40(12-7-2)35(43)28-14-23(3)13-27(19-28)34(42)39-32(18-26-15-29(36)20-30(37)16-26)33(41)24(4)21-38-22-25-9-8-10-31(17-25)44-5/h8-10,13-17,19-20,24,32-33,38,41H,6-7,11-12,18,21-22H2,1-5H3,(H,39,42)/t24?,32-,33+/m0/s1. The fourth-order valence-electron chi connectivity index (χ4n) is 5.31. The number of methoxy groups -OCH3 is 1. The van der Waals surface area contributed by atoms with Crippen molar-refractivity contribution >= 4 is 11.8 Å². The molecule has 0 fully saturated rings. The zero-order chi connectivity index (χ0) is 32.2. The third-order valence-corrected chi connectivity index (χ3v) is 7.48. The van der Waals surface area contributed by atoms with Crippen molar-refractivity contribution in [1.29, 1.82) is 0 Å². The number of aliphatic hydroxyl groups is 1. The molecule has 0 saturated carbocycles. The minimum absolute atomic E-state index is 0.000190. The van der Waals surface area contributed by atoms with Gasteiger partial charge in [0.05, 0.1) is 19.3 Å². The number of ether oxygens (including phenoxy) is 1. The van der Waals surface area contributed by atoms with Crippen LogP contribution in [0, 0.1) is 24.5 Å². The molecule has 0 heterocycles. The van der Waals surface area contributed by atoms with Gasteiger partial charge in [-0.1, -0.05) is 32.9 Å².